The molecule has 0 aromatic heterocycles. The zero-order valence-electron chi connectivity index (χ0n) is 10.4. The summed E-state index contributed by atoms with van der Waals surface area (Å²) in [7, 11) is 0. The van der Waals surface area contributed by atoms with Crippen LogP contribution in [0.2, 0.25) is 5.02 Å². The minimum absolute atomic E-state index is 0.0106. The number of hydrogen-bond donors (Lipinski definition) is 3. The Bertz CT molecular complexity index is 662. The number of rotatable bonds is 3. The van der Waals surface area contributed by atoms with E-state index in [-0.39, 0.29) is 28.6 Å². The Balaban J connectivity index is 2.08. The van der Waals surface area contributed by atoms with Crippen molar-refractivity contribution in [1.29, 1.82) is 0 Å². The molecule has 4 N–H and O–H groups in total. The number of amides is 1. The molecule has 0 heterocycles. The molecule has 0 atom stereocenters. The number of aromatic hydroxyl groups is 1. The molecule has 0 aliphatic rings. The Labute approximate surface area is 120 Å². The van der Waals surface area contributed by atoms with Crippen LogP contribution in [-0.4, -0.2) is 11.0 Å². The van der Waals surface area contributed by atoms with Crippen molar-refractivity contribution in [2.45, 2.75) is 6.54 Å². The minimum atomic E-state index is -0.518. The van der Waals surface area contributed by atoms with Crippen molar-refractivity contribution in [2.75, 3.05) is 5.73 Å². The zero-order valence-corrected chi connectivity index (χ0v) is 11.1. The van der Waals surface area contributed by atoms with E-state index in [0.717, 1.165) is 0 Å². The predicted molar refractivity (Wildman–Crippen MR) is 75.1 cm³/mol. The minimum Gasteiger partial charge on any atom is -0.505 e. The van der Waals surface area contributed by atoms with E-state index in [1.807, 2.05) is 0 Å². The van der Waals surface area contributed by atoms with Crippen LogP contribution in [0.1, 0.15) is 15.9 Å². The van der Waals surface area contributed by atoms with E-state index >= 15 is 0 Å². The molecular formula is C14H12ClFN2O2. The Morgan fingerprint density at radius 3 is 2.80 bits per heavy atom. The van der Waals surface area contributed by atoms with Crippen molar-refractivity contribution < 1.29 is 14.3 Å². The lowest BCUT2D eigenvalue weighted by molar-refractivity contribution is 0.0948. The summed E-state index contributed by atoms with van der Waals surface area (Å²) in [6.45, 7) is 0.160. The molecule has 0 fully saturated rings. The van der Waals surface area contributed by atoms with E-state index < -0.39 is 11.7 Å². The van der Waals surface area contributed by atoms with Crippen molar-refractivity contribution in [3.8, 4) is 5.75 Å². The van der Waals surface area contributed by atoms with Crippen LogP contribution in [0.15, 0.2) is 36.4 Å². The van der Waals surface area contributed by atoms with Crippen molar-refractivity contribution in [3.05, 3.63) is 58.4 Å². The fraction of sp³-hybridized carbons (Fsp3) is 0.0714. The normalized spacial score (nSPS) is 10.3. The van der Waals surface area contributed by atoms with Crippen LogP contribution in [-0.2, 0) is 6.54 Å². The fourth-order valence-electron chi connectivity index (χ4n) is 1.67. The summed E-state index contributed by atoms with van der Waals surface area (Å²) in [5.74, 6) is -1.26. The van der Waals surface area contributed by atoms with Crippen molar-refractivity contribution in [1.82, 2.24) is 5.32 Å². The Morgan fingerprint density at radius 1 is 1.35 bits per heavy atom. The predicted octanol–water partition coefficient (Wildman–Crippen LogP) is 2.70. The molecule has 0 saturated carbocycles. The smallest absolute Gasteiger partial charge is 0.255 e. The highest BCUT2D eigenvalue weighted by atomic mass is 35.5. The first-order chi connectivity index (χ1) is 9.49. The van der Waals surface area contributed by atoms with Crippen LogP contribution < -0.4 is 11.1 Å². The number of anilines is 1. The molecule has 4 nitrogen and oxygen atoms in total. The highest BCUT2D eigenvalue weighted by molar-refractivity contribution is 6.30. The highest BCUT2D eigenvalue weighted by Gasteiger charge is 2.12. The summed E-state index contributed by atoms with van der Waals surface area (Å²) in [6, 6.07) is 8.68. The van der Waals surface area contributed by atoms with E-state index in [1.165, 1.54) is 30.3 Å². The van der Waals surface area contributed by atoms with E-state index in [9.17, 15) is 14.3 Å². The van der Waals surface area contributed by atoms with Crippen LogP contribution in [0.25, 0.3) is 0 Å². The topological polar surface area (TPSA) is 75.4 Å². The summed E-state index contributed by atoms with van der Waals surface area (Å²) in [4.78, 5) is 11.9. The highest BCUT2D eigenvalue weighted by Crippen LogP contribution is 2.24. The second-order valence-electron chi connectivity index (χ2n) is 4.17. The van der Waals surface area contributed by atoms with Gasteiger partial charge in [0.1, 0.15) is 5.82 Å². The average Bonchev–Trinajstić information content (AvgIpc) is 2.43. The molecule has 0 aliphatic heterocycles. The lowest BCUT2D eigenvalue weighted by Gasteiger charge is -2.08. The molecule has 0 saturated heterocycles. The summed E-state index contributed by atoms with van der Waals surface area (Å²) < 4.78 is 13.0. The van der Waals surface area contributed by atoms with Crippen LogP contribution >= 0.6 is 11.6 Å². The van der Waals surface area contributed by atoms with Gasteiger partial charge in [-0.15, -0.1) is 0 Å². The van der Waals surface area contributed by atoms with Crippen LogP contribution in [0.5, 0.6) is 5.75 Å². The third kappa shape index (κ3) is 3.00. The Hall–Kier alpha value is -2.27. The molecule has 0 radical (unpaired) electrons. The maximum absolute atomic E-state index is 13.0. The summed E-state index contributed by atoms with van der Waals surface area (Å²) >= 11 is 5.65. The van der Waals surface area contributed by atoms with Gasteiger partial charge in [0, 0.05) is 6.54 Å². The number of nitrogen functional groups attached to an aromatic ring is 1. The molecule has 2 rings (SSSR count). The number of carbonyl (C=O) groups is 1. The fourth-order valence-corrected chi connectivity index (χ4v) is 1.87. The standard InChI is InChI=1S/C14H12ClFN2O2/c15-10-6-8(4-5-11(10)16)7-18-14(20)9-2-1-3-12(17)13(9)19/h1-6,19H,7,17H2,(H,18,20). The van der Waals surface area contributed by atoms with Gasteiger partial charge < -0.3 is 16.2 Å². The number of halogens is 2. The van der Waals surface area contributed by atoms with E-state index in [2.05, 4.69) is 5.32 Å². The van der Waals surface area contributed by atoms with E-state index in [0.29, 0.717) is 5.56 Å². The van der Waals surface area contributed by atoms with Gasteiger partial charge in [-0.2, -0.15) is 0 Å². The molecule has 0 bridgehead atoms. The van der Waals surface area contributed by atoms with Gasteiger partial charge in [0.25, 0.3) is 5.91 Å². The third-order valence-electron chi connectivity index (χ3n) is 2.75. The van der Waals surface area contributed by atoms with Crippen molar-refractivity contribution >= 4 is 23.2 Å². The maximum Gasteiger partial charge on any atom is 0.255 e. The summed E-state index contributed by atoms with van der Waals surface area (Å²) in [6.07, 6.45) is 0. The lowest BCUT2D eigenvalue weighted by atomic mass is 10.1. The Morgan fingerprint density at radius 2 is 2.10 bits per heavy atom. The first-order valence-corrected chi connectivity index (χ1v) is 6.16. The monoisotopic (exact) mass is 294 g/mol. The average molecular weight is 295 g/mol. The number of phenolic OH excluding ortho intramolecular Hbond substituents is 1. The number of carbonyl (C=O) groups excluding carboxylic acids is 1. The first kappa shape index (κ1) is 14.1. The van der Waals surface area contributed by atoms with Crippen molar-refractivity contribution in [3.63, 3.8) is 0 Å². The summed E-state index contributed by atoms with van der Waals surface area (Å²) in [5.41, 5.74) is 6.37. The zero-order chi connectivity index (χ0) is 14.7. The number of hydrogen-bond acceptors (Lipinski definition) is 3. The number of phenols is 1. The van der Waals surface area contributed by atoms with Gasteiger partial charge >= 0.3 is 0 Å². The van der Waals surface area contributed by atoms with Gasteiger partial charge in [-0.25, -0.2) is 4.39 Å². The second-order valence-corrected chi connectivity index (χ2v) is 4.58. The molecule has 6 heteroatoms. The van der Waals surface area contributed by atoms with Crippen molar-refractivity contribution in [2.24, 2.45) is 0 Å². The second kappa shape index (κ2) is 5.79. The molecule has 0 spiro atoms. The molecule has 104 valence electrons. The Kier molecular flexibility index (Phi) is 4.10. The molecule has 1 amide bonds. The van der Waals surface area contributed by atoms with E-state index in [1.54, 1.807) is 6.07 Å². The van der Waals surface area contributed by atoms with Crippen LogP contribution in [0.4, 0.5) is 10.1 Å². The van der Waals surface area contributed by atoms with Gasteiger partial charge in [-0.05, 0) is 29.8 Å². The van der Waals surface area contributed by atoms with Gasteiger partial charge in [0.15, 0.2) is 5.75 Å². The van der Waals surface area contributed by atoms with Crippen LogP contribution in [0.3, 0.4) is 0 Å². The molecule has 2 aromatic rings. The van der Waals surface area contributed by atoms with Gasteiger partial charge in [-0.1, -0.05) is 23.7 Å². The van der Waals surface area contributed by atoms with E-state index in [4.69, 9.17) is 17.3 Å². The van der Waals surface area contributed by atoms with Gasteiger partial charge in [0.2, 0.25) is 0 Å². The molecular weight excluding hydrogens is 283 g/mol. The summed E-state index contributed by atoms with van der Waals surface area (Å²) in [5, 5.41) is 12.3. The number of nitrogens with one attached hydrogen (secondary N) is 1. The molecule has 0 unspecified atom stereocenters. The first-order valence-electron chi connectivity index (χ1n) is 5.78. The third-order valence-corrected chi connectivity index (χ3v) is 3.04. The van der Waals surface area contributed by atoms with Gasteiger partial charge in [0.05, 0.1) is 16.3 Å². The number of benzene rings is 2. The SMILES string of the molecule is Nc1cccc(C(=O)NCc2ccc(F)c(Cl)c2)c1O. The largest absolute Gasteiger partial charge is 0.505 e. The lowest BCUT2D eigenvalue weighted by Crippen LogP contribution is -2.23. The molecule has 0 aliphatic carbocycles. The quantitative estimate of drug-likeness (QED) is 0.602. The maximum atomic E-state index is 13.0. The molecule has 20 heavy (non-hydrogen) atoms. The van der Waals surface area contributed by atoms with Gasteiger partial charge in [-0.3, -0.25) is 4.79 Å². The van der Waals surface area contributed by atoms with Crippen LogP contribution in [0, 0.1) is 5.82 Å². The molecule has 2 aromatic carbocycles. The number of nitrogens with two attached hydrogens (primary N) is 1. The number of para-hydroxylation sites is 1.